The van der Waals surface area contributed by atoms with E-state index in [0.29, 0.717) is 26.7 Å². The van der Waals surface area contributed by atoms with Gasteiger partial charge in [0.1, 0.15) is 0 Å². The summed E-state index contributed by atoms with van der Waals surface area (Å²) in [6, 6.07) is 17.2. The zero-order valence-electron chi connectivity index (χ0n) is 16.4. The quantitative estimate of drug-likeness (QED) is 0.308. The topological polar surface area (TPSA) is 96.5 Å². The molecule has 4 rings (SSSR count). The van der Waals surface area contributed by atoms with Crippen LogP contribution in [-0.4, -0.2) is 28.4 Å². The van der Waals surface area contributed by atoms with Crippen LogP contribution in [0, 0.1) is 0 Å². The molecule has 1 heterocycles. The number of benzene rings is 3. The number of hydrogen-bond donors (Lipinski definition) is 2. The largest absolute Gasteiger partial charge is 0.503 e. The highest BCUT2D eigenvalue weighted by molar-refractivity contribution is 6.31. The maximum absolute atomic E-state index is 12.6. The Kier molecular flexibility index (Phi) is 5.99. The van der Waals surface area contributed by atoms with Crippen molar-refractivity contribution in [2.45, 2.75) is 0 Å². The molecular weight excluding hydrogens is 453 g/mol. The van der Waals surface area contributed by atoms with Crippen LogP contribution in [0.25, 0.3) is 22.2 Å². The maximum atomic E-state index is 12.6. The van der Waals surface area contributed by atoms with Crippen LogP contribution in [0.4, 0.5) is 0 Å². The third-order valence-electron chi connectivity index (χ3n) is 4.81. The van der Waals surface area contributed by atoms with Gasteiger partial charge in [0.25, 0.3) is 0 Å². The van der Waals surface area contributed by atoms with E-state index in [4.69, 9.17) is 27.9 Å². The van der Waals surface area contributed by atoms with Crippen molar-refractivity contribution >= 4 is 45.9 Å². The Morgan fingerprint density at radius 3 is 2.34 bits per heavy atom. The van der Waals surface area contributed by atoms with E-state index in [0.717, 1.165) is 0 Å². The smallest absolute Gasteiger partial charge is 0.338 e. The molecule has 0 bridgehead atoms. The Bertz CT molecular complexity index is 1430. The average molecular weight is 468 g/mol. The van der Waals surface area contributed by atoms with E-state index in [9.17, 15) is 19.5 Å². The summed E-state index contributed by atoms with van der Waals surface area (Å²) in [5.41, 5.74) is 0.869. The van der Waals surface area contributed by atoms with Gasteiger partial charge in [0, 0.05) is 26.6 Å². The number of fused-ring (bicyclic) bond motifs is 1. The lowest BCUT2D eigenvalue weighted by atomic mass is 10.1. The van der Waals surface area contributed by atoms with Crippen LogP contribution in [-0.2, 0) is 4.74 Å². The molecule has 32 heavy (non-hydrogen) atoms. The van der Waals surface area contributed by atoms with E-state index in [-0.39, 0.29) is 16.6 Å². The van der Waals surface area contributed by atoms with Gasteiger partial charge in [0.2, 0.25) is 5.43 Å². The number of aromatic nitrogens is 1. The Labute approximate surface area is 192 Å². The lowest BCUT2D eigenvalue weighted by molar-refractivity contribution is 0.0475. The lowest BCUT2D eigenvalue weighted by Gasteiger charge is -2.09. The molecule has 6 nitrogen and oxygen atoms in total. The number of hydrogen-bond acceptors (Lipinski definition) is 5. The summed E-state index contributed by atoms with van der Waals surface area (Å²) in [5, 5.41) is 11.4. The fourth-order valence-electron chi connectivity index (χ4n) is 3.22. The predicted octanol–water partition coefficient (Wildman–Crippen LogP) is 5.25. The number of rotatable bonds is 5. The Balaban J connectivity index is 1.62. The van der Waals surface area contributed by atoms with Crippen molar-refractivity contribution in [3.63, 3.8) is 0 Å². The van der Waals surface area contributed by atoms with Crippen molar-refractivity contribution in [3.05, 3.63) is 98.1 Å². The predicted molar refractivity (Wildman–Crippen MR) is 123 cm³/mol. The Morgan fingerprint density at radius 2 is 1.62 bits per heavy atom. The number of H-pyrrole nitrogens is 1. The fourth-order valence-corrected chi connectivity index (χ4v) is 3.60. The summed E-state index contributed by atoms with van der Waals surface area (Å²) in [5.74, 6) is -1.59. The summed E-state index contributed by atoms with van der Waals surface area (Å²) in [4.78, 5) is 40.3. The number of ketones is 1. The summed E-state index contributed by atoms with van der Waals surface area (Å²) in [6.45, 7) is -0.461. The first-order valence-electron chi connectivity index (χ1n) is 9.44. The average Bonchev–Trinajstić information content (AvgIpc) is 2.79. The van der Waals surface area contributed by atoms with Crippen LogP contribution < -0.4 is 5.43 Å². The van der Waals surface area contributed by atoms with Crippen molar-refractivity contribution in [2.24, 2.45) is 0 Å². The van der Waals surface area contributed by atoms with Crippen molar-refractivity contribution in [1.29, 1.82) is 0 Å². The summed E-state index contributed by atoms with van der Waals surface area (Å²) < 4.78 is 5.13. The number of aromatic amines is 1. The van der Waals surface area contributed by atoms with Gasteiger partial charge in [0.05, 0.1) is 16.8 Å². The van der Waals surface area contributed by atoms with E-state index in [1.165, 1.54) is 24.3 Å². The third kappa shape index (κ3) is 4.37. The van der Waals surface area contributed by atoms with Gasteiger partial charge >= 0.3 is 5.97 Å². The SMILES string of the molecule is O=C(COC(=O)c1ccc2c(=O)c(O)c(-c3cccc(Cl)c3)[nH]c2c1)c1cccc(Cl)c1. The van der Waals surface area contributed by atoms with E-state index in [1.807, 2.05) is 0 Å². The molecule has 4 aromatic rings. The van der Waals surface area contributed by atoms with Gasteiger partial charge in [-0.15, -0.1) is 0 Å². The fraction of sp³-hybridized carbons (Fsp3) is 0.0417. The number of esters is 1. The highest BCUT2D eigenvalue weighted by Gasteiger charge is 2.17. The lowest BCUT2D eigenvalue weighted by Crippen LogP contribution is -2.14. The molecule has 0 radical (unpaired) electrons. The molecule has 0 amide bonds. The number of aromatic hydroxyl groups is 1. The van der Waals surface area contributed by atoms with Gasteiger partial charge in [-0.25, -0.2) is 4.79 Å². The monoisotopic (exact) mass is 467 g/mol. The number of halogens is 2. The maximum Gasteiger partial charge on any atom is 0.338 e. The molecule has 2 N–H and O–H groups in total. The summed E-state index contributed by atoms with van der Waals surface area (Å²) in [7, 11) is 0. The second-order valence-corrected chi connectivity index (χ2v) is 7.83. The molecule has 8 heteroatoms. The minimum Gasteiger partial charge on any atom is -0.503 e. The van der Waals surface area contributed by atoms with Crippen LogP contribution in [0.2, 0.25) is 10.0 Å². The molecule has 0 saturated carbocycles. The highest BCUT2D eigenvalue weighted by Crippen LogP contribution is 2.28. The number of nitrogens with one attached hydrogen (secondary N) is 1. The third-order valence-corrected chi connectivity index (χ3v) is 5.28. The second kappa shape index (κ2) is 8.86. The summed E-state index contributed by atoms with van der Waals surface area (Å²) >= 11 is 11.9. The van der Waals surface area contributed by atoms with Gasteiger partial charge < -0.3 is 14.8 Å². The molecule has 0 fully saturated rings. The molecule has 1 aromatic heterocycles. The standard InChI is InChI=1S/C24H15Cl2NO5/c25-16-5-1-3-13(9-16)20(28)12-32-24(31)15-7-8-18-19(11-15)27-21(23(30)22(18)29)14-4-2-6-17(26)10-14/h1-11,30H,12H2,(H,27,29). The molecule has 0 aliphatic heterocycles. The van der Waals surface area contributed by atoms with Gasteiger partial charge in [-0.1, -0.05) is 47.5 Å². The Morgan fingerprint density at radius 1 is 0.906 bits per heavy atom. The number of Topliss-reactive ketones (excluding diaryl/α,β-unsaturated/α-hetero) is 1. The van der Waals surface area contributed by atoms with Crippen LogP contribution in [0.1, 0.15) is 20.7 Å². The molecule has 0 saturated heterocycles. The van der Waals surface area contributed by atoms with Gasteiger partial charge in [0.15, 0.2) is 18.1 Å². The zero-order valence-corrected chi connectivity index (χ0v) is 17.9. The molecule has 0 aliphatic carbocycles. The first-order chi connectivity index (χ1) is 15.3. The van der Waals surface area contributed by atoms with Crippen molar-refractivity contribution in [1.82, 2.24) is 4.98 Å². The molecule has 0 aliphatic rings. The van der Waals surface area contributed by atoms with Crippen LogP contribution in [0.5, 0.6) is 5.75 Å². The second-order valence-electron chi connectivity index (χ2n) is 6.96. The minimum atomic E-state index is -0.736. The number of pyridine rings is 1. The minimum absolute atomic E-state index is 0.134. The van der Waals surface area contributed by atoms with E-state index in [2.05, 4.69) is 4.98 Å². The Hall–Kier alpha value is -3.61. The molecule has 160 valence electrons. The first-order valence-corrected chi connectivity index (χ1v) is 10.2. The van der Waals surface area contributed by atoms with Crippen LogP contribution in [0.3, 0.4) is 0 Å². The first kappa shape index (κ1) is 21.6. The number of carbonyl (C=O) groups excluding carboxylic acids is 2. The van der Waals surface area contributed by atoms with Gasteiger partial charge in [-0.2, -0.15) is 0 Å². The number of carbonyl (C=O) groups is 2. The van der Waals surface area contributed by atoms with Crippen molar-refractivity contribution < 1.29 is 19.4 Å². The van der Waals surface area contributed by atoms with Crippen LogP contribution in [0.15, 0.2) is 71.5 Å². The van der Waals surface area contributed by atoms with E-state index >= 15 is 0 Å². The van der Waals surface area contributed by atoms with Crippen LogP contribution >= 0.6 is 23.2 Å². The summed E-state index contributed by atoms with van der Waals surface area (Å²) in [6.07, 6.45) is 0. The normalized spacial score (nSPS) is 10.8. The van der Waals surface area contributed by atoms with E-state index < -0.39 is 29.5 Å². The van der Waals surface area contributed by atoms with Crippen molar-refractivity contribution in [3.8, 4) is 17.0 Å². The van der Waals surface area contributed by atoms with Crippen molar-refractivity contribution in [2.75, 3.05) is 6.61 Å². The number of ether oxygens (including phenoxy) is 1. The molecule has 0 spiro atoms. The molecule has 0 atom stereocenters. The molecular formula is C24H15Cl2NO5. The highest BCUT2D eigenvalue weighted by atomic mass is 35.5. The van der Waals surface area contributed by atoms with Gasteiger partial charge in [-0.3, -0.25) is 9.59 Å². The molecule has 3 aromatic carbocycles. The zero-order chi connectivity index (χ0) is 22.8. The van der Waals surface area contributed by atoms with Gasteiger partial charge in [-0.05, 0) is 42.5 Å². The van der Waals surface area contributed by atoms with E-state index in [1.54, 1.807) is 42.5 Å². The molecule has 0 unspecified atom stereocenters.